The van der Waals surface area contributed by atoms with Crippen molar-refractivity contribution in [1.82, 2.24) is 9.90 Å². The molecule has 0 bridgehead atoms. The van der Waals surface area contributed by atoms with Crippen LogP contribution in [0.25, 0.3) is 17.5 Å². The van der Waals surface area contributed by atoms with Gasteiger partial charge in [-0.1, -0.05) is 0 Å². The average Bonchev–Trinajstić information content (AvgIpc) is 2.96. The second-order valence-electron chi connectivity index (χ2n) is 4.01. The van der Waals surface area contributed by atoms with Crippen LogP contribution in [-0.4, -0.2) is 17.0 Å². The normalized spacial score (nSPS) is 12.8. The number of allylic oxidation sites excluding steroid dienone is 1. The zero-order valence-electron chi connectivity index (χ0n) is 9.87. The van der Waals surface area contributed by atoms with Crippen LogP contribution in [0.1, 0.15) is 5.56 Å². The number of aromatic nitrogens is 3. The molecule has 0 unspecified atom stereocenters. The predicted molar refractivity (Wildman–Crippen MR) is 63.9 cm³/mol. The van der Waals surface area contributed by atoms with E-state index in [0.29, 0.717) is 12.1 Å². The SMILES string of the molecule is COC1=C[n+]2cc(-c3ccc(C#N)cc3)nn2C1. The molecule has 0 saturated carbocycles. The molecule has 3 rings (SSSR count). The lowest BCUT2D eigenvalue weighted by atomic mass is 10.1. The van der Waals surface area contributed by atoms with Gasteiger partial charge >= 0.3 is 0 Å². The average molecular weight is 239 g/mol. The van der Waals surface area contributed by atoms with Crippen molar-refractivity contribution in [3.8, 4) is 17.3 Å². The molecule has 2 aromatic rings. The Morgan fingerprint density at radius 3 is 2.78 bits per heavy atom. The first-order valence-electron chi connectivity index (χ1n) is 5.54. The number of nitriles is 1. The molecule has 0 saturated heterocycles. The van der Waals surface area contributed by atoms with Crippen LogP contribution in [0.15, 0.2) is 36.2 Å². The molecule has 5 nitrogen and oxygen atoms in total. The summed E-state index contributed by atoms with van der Waals surface area (Å²) >= 11 is 0. The van der Waals surface area contributed by atoms with Crippen LogP contribution in [-0.2, 0) is 11.3 Å². The molecule has 0 amide bonds. The Labute approximate surface area is 104 Å². The first-order valence-corrected chi connectivity index (χ1v) is 5.54. The largest absolute Gasteiger partial charge is 0.495 e. The smallest absolute Gasteiger partial charge is 0.249 e. The summed E-state index contributed by atoms with van der Waals surface area (Å²) in [7, 11) is 1.65. The fourth-order valence-electron chi connectivity index (χ4n) is 1.91. The Kier molecular flexibility index (Phi) is 2.34. The number of methoxy groups -OCH3 is 1. The first-order chi connectivity index (χ1) is 8.80. The van der Waals surface area contributed by atoms with Gasteiger partial charge in [0.05, 0.1) is 18.7 Å². The lowest BCUT2D eigenvalue weighted by molar-refractivity contribution is -0.658. The summed E-state index contributed by atoms with van der Waals surface area (Å²) in [6.45, 7) is 0.646. The van der Waals surface area contributed by atoms with E-state index in [9.17, 15) is 0 Å². The second kappa shape index (κ2) is 4.00. The Hall–Kier alpha value is -2.61. The maximum atomic E-state index is 8.76. The van der Waals surface area contributed by atoms with E-state index in [0.717, 1.165) is 17.0 Å². The van der Waals surface area contributed by atoms with E-state index in [-0.39, 0.29) is 0 Å². The minimum atomic E-state index is 0.646. The van der Waals surface area contributed by atoms with Gasteiger partial charge in [-0.3, -0.25) is 0 Å². The van der Waals surface area contributed by atoms with Gasteiger partial charge in [-0.25, -0.2) is 0 Å². The molecule has 0 N–H and O–H groups in total. The molecule has 0 radical (unpaired) electrons. The van der Waals surface area contributed by atoms with Crippen LogP contribution in [0.5, 0.6) is 0 Å². The second-order valence-corrected chi connectivity index (χ2v) is 4.01. The topological polar surface area (TPSA) is 54.7 Å². The number of nitrogens with zero attached hydrogens (tertiary/aromatic N) is 4. The Balaban J connectivity index is 1.95. The van der Waals surface area contributed by atoms with Crippen molar-refractivity contribution in [2.24, 2.45) is 0 Å². The summed E-state index contributed by atoms with van der Waals surface area (Å²) in [6.07, 6.45) is 3.84. The minimum absolute atomic E-state index is 0.646. The Morgan fingerprint density at radius 2 is 2.17 bits per heavy atom. The van der Waals surface area contributed by atoms with Crippen LogP contribution in [0, 0.1) is 11.3 Å². The third-order valence-electron chi connectivity index (χ3n) is 2.89. The van der Waals surface area contributed by atoms with Crippen LogP contribution in [0.2, 0.25) is 0 Å². The highest BCUT2D eigenvalue weighted by atomic mass is 16.5. The van der Waals surface area contributed by atoms with E-state index in [1.807, 2.05) is 34.0 Å². The van der Waals surface area contributed by atoms with Crippen molar-refractivity contribution in [2.45, 2.75) is 6.54 Å². The fourth-order valence-corrected chi connectivity index (χ4v) is 1.91. The first kappa shape index (κ1) is 10.5. The summed E-state index contributed by atoms with van der Waals surface area (Å²) in [5.74, 6) is 0.883. The number of rotatable bonds is 2. The van der Waals surface area contributed by atoms with E-state index in [4.69, 9.17) is 10.00 Å². The van der Waals surface area contributed by atoms with Gasteiger partial charge in [0.25, 0.3) is 0 Å². The van der Waals surface area contributed by atoms with Gasteiger partial charge in [0.2, 0.25) is 5.69 Å². The maximum absolute atomic E-state index is 8.76. The van der Waals surface area contributed by atoms with E-state index in [1.54, 1.807) is 19.2 Å². The highest BCUT2D eigenvalue weighted by Gasteiger charge is 2.23. The zero-order chi connectivity index (χ0) is 12.5. The monoisotopic (exact) mass is 239 g/mol. The predicted octanol–water partition coefficient (Wildman–Crippen LogP) is 1.17. The lowest BCUT2D eigenvalue weighted by Gasteiger charge is -1.93. The number of ether oxygens (including phenoxy) is 1. The van der Waals surface area contributed by atoms with E-state index >= 15 is 0 Å². The highest BCUT2D eigenvalue weighted by Crippen LogP contribution is 2.17. The molecule has 1 aromatic heterocycles. The molecule has 1 aliphatic rings. The van der Waals surface area contributed by atoms with Gasteiger partial charge in [-0.05, 0) is 29.1 Å². The standard InChI is InChI=1S/C13H11N4O/c1-18-12-7-16-9-13(15-17(16)8-12)11-4-2-10(6-14)3-5-11/h2-5,7,9H,8H2,1H3/q+1. The lowest BCUT2D eigenvalue weighted by Crippen LogP contribution is -2.32. The van der Waals surface area contributed by atoms with Crippen LogP contribution in [0.4, 0.5) is 0 Å². The molecule has 0 aliphatic carbocycles. The summed E-state index contributed by atoms with van der Waals surface area (Å²) in [4.78, 5) is 1.83. The van der Waals surface area contributed by atoms with E-state index < -0.39 is 0 Å². The summed E-state index contributed by atoms with van der Waals surface area (Å²) in [6, 6.07) is 9.49. The Bertz CT molecular complexity index is 661. The highest BCUT2D eigenvalue weighted by molar-refractivity contribution is 5.58. The maximum Gasteiger partial charge on any atom is 0.249 e. The molecule has 88 valence electrons. The summed E-state index contributed by atoms with van der Waals surface area (Å²) in [5.41, 5.74) is 2.53. The molecule has 1 aliphatic heterocycles. The number of hydrogen-bond acceptors (Lipinski definition) is 3. The van der Waals surface area contributed by atoms with Crippen molar-refractivity contribution >= 4 is 6.20 Å². The molecular weight excluding hydrogens is 228 g/mol. The third kappa shape index (κ3) is 1.64. The van der Waals surface area contributed by atoms with Gasteiger partial charge in [-0.15, -0.1) is 4.68 Å². The van der Waals surface area contributed by atoms with Crippen molar-refractivity contribution < 1.29 is 9.42 Å². The van der Waals surface area contributed by atoms with Gasteiger partial charge in [0.15, 0.2) is 24.7 Å². The molecule has 0 spiro atoms. The molecule has 0 atom stereocenters. The molecule has 2 heterocycles. The van der Waals surface area contributed by atoms with Gasteiger partial charge < -0.3 is 4.74 Å². The van der Waals surface area contributed by atoms with E-state index in [1.165, 1.54) is 0 Å². The third-order valence-corrected chi connectivity index (χ3v) is 2.89. The van der Waals surface area contributed by atoms with Crippen LogP contribution >= 0.6 is 0 Å². The van der Waals surface area contributed by atoms with Crippen molar-refractivity contribution in [2.75, 3.05) is 7.11 Å². The number of benzene rings is 1. The quantitative estimate of drug-likeness (QED) is 0.739. The van der Waals surface area contributed by atoms with Gasteiger partial charge in [0, 0.05) is 10.7 Å². The summed E-state index contributed by atoms with van der Waals surface area (Å²) < 4.78 is 7.07. The number of hydrogen-bond donors (Lipinski definition) is 0. The fraction of sp³-hybridized carbons (Fsp3) is 0.154. The van der Waals surface area contributed by atoms with Gasteiger partial charge in [0.1, 0.15) is 0 Å². The Morgan fingerprint density at radius 1 is 1.39 bits per heavy atom. The summed E-state index contributed by atoms with van der Waals surface area (Å²) in [5, 5.41) is 13.2. The van der Waals surface area contributed by atoms with Crippen molar-refractivity contribution in [3.05, 3.63) is 41.8 Å². The minimum Gasteiger partial charge on any atom is -0.495 e. The van der Waals surface area contributed by atoms with Crippen molar-refractivity contribution in [1.29, 1.82) is 5.26 Å². The van der Waals surface area contributed by atoms with Crippen LogP contribution < -0.4 is 4.68 Å². The molecule has 5 heteroatoms. The molecule has 0 fully saturated rings. The zero-order valence-corrected chi connectivity index (χ0v) is 9.87. The van der Waals surface area contributed by atoms with Gasteiger partial charge in [-0.2, -0.15) is 5.26 Å². The van der Waals surface area contributed by atoms with E-state index in [2.05, 4.69) is 11.2 Å². The molecule has 1 aromatic carbocycles. The molecule has 18 heavy (non-hydrogen) atoms. The van der Waals surface area contributed by atoms with Crippen LogP contribution in [0.3, 0.4) is 0 Å². The van der Waals surface area contributed by atoms with Crippen molar-refractivity contribution in [3.63, 3.8) is 0 Å². The molecular formula is C13H11N4O+. The number of fused-ring (bicyclic) bond motifs is 1.